The summed E-state index contributed by atoms with van der Waals surface area (Å²) in [6.45, 7) is 3.23. The standard InChI is InChI=1S/C51H72N14O14/c52-51-58-29-41-49(61-51)57-28-39(59-41)27-56-37-9-5-36(6-10-37)50(77)55-13-1-2-42(66)53-14-22-78-24-25-79-23-15-54-43(67)11-12-44(68)60-38-7-3-35(4-8-38)26-40(65(33-47(73)74)34-48(75)76)30-62-16-18-63(31-45(69)70)20-21-64(19-17-62)32-46(71)72/h3-10,28,40,56H,1-2,11-27,29-34H2,(H,53,66)(H,54,67)(H,55,77)(H,60,68)(H,69,70)(H,71,72)(H,73,74)(H,75,76)(H3,52,57,58,61). The van der Waals surface area contributed by atoms with Crippen molar-refractivity contribution in [3.8, 4) is 0 Å². The quantitative estimate of drug-likeness (QED) is 0.0319. The van der Waals surface area contributed by atoms with E-state index < -0.39 is 48.9 Å². The first-order valence-corrected chi connectivity index (χ1v) is 25.9. The average molecular weight is 1110 g/mol. The molecule has 2 aromatic carbocycles. The van der Waals surface area contributed by atoms with Gasteiger partial charge in [-0.2, -0.15) is 0 Å². The third-order valence-electron chi connectivity index (χ3n) is 12.4. The molecule has 2 aliphatic heterocycles. The van der Waals surface area contributed by atoms with Crippen molar-refractivity contribution in [1.82, 2.24) is 45.5 Å². The van der Waals surface area contributed by atoms with Crippen molar-refractivity contribution in [3.05, 3.63) is 77.2 Å². The van der Waals surface area contributed by atoms with E-state index in [9.17, 15) is 58.8 Å². The second-order valence-corrected chi connectivity index (χ2v) is 18.6. The van der Waals surface area contributed by atoms with Crippen molar-refractivity contribution in [2.24, 2.45) is 10.7 Å². The molecule has 4 amide bonds. The number of benzene rings is 2. The SMILES string of the molecule is NC1=NCc2nc(CNc3ccc(C(=O)NCCCC(=O)NCCOCCOCCNC(=O)CCC(=O)Nc4ccc(CC(CN5CCN(CC(=O)O)CCN(CC(=O)O)CC5)N(CC(=O)O)CC(=O)O)cc4)cc3)cnc2N1. The molecule has 0 radical (unpaired) electrons. The number of aromatic nitrogens is 2. The molecule has 1 aromatic heterocycles. The molecule has 1 saturated heterocycles. The van der Waals surface area contributed by atoms with Gasteiger partial charge in [-0.3, -0.25) is 58.0 Å². The number of carboxylic acids is 4. The number of rotatable bonds is 34. The van der Waals surface area contributed by atoms with Gasteiger partial charge in [0, 0.05) is 108 Å². The number of nitrogens with zero attached hydrogens (tertiary/aromatic N) is 7. The van der Waals surface area contributed by atoms with E-state index in [1.165, 1.54) is 4.90 Å². The fourth-order valence-corrected chi connectivity index (χ4v) is 8.38. The molecule has 2 aliphatic rings. The van der Waals surface area contributed by atoms with E-state index >= 15 is 0 Å². The summed E-state index contributed by atoms with van der Waals surface area (Å²) in [5.41, 5.74) is 9.55. The van der Waals surface area contributed by atoms with E-state index in [1.54, 1.807) is 64.5 Å². The monoisotopic (exact) mass is 1100 g/mol. The Bertz CT molecular complexity index is 2490. The number of aliphatic carboxylic acids is 4. The van der Waals surface area contributed by atoms with Crippen molar-refractivity contribution in [2.45, 2.75) is 51.2 Å². The van der Waals surface area contributed by atoms with Crippen LogP contribution >= 0.6 is 0 Å². The van der Waals surface area contributed by atoms with E-state index in [2.05, 4.69) is 46.9 Å². The highest BCUT2D eigenvalue weighted by atomic mass is 16.5. The molecule has 0 bridgehead atoms. The van der Waals surface area contributed by atoms with Crippen LogP contribution in [0.25, 0.3) is 0 Å². The summed E-state index contributed by atoms with van der Waals surface area (Å²) in [6.07, 6.45) is 2.36. The van der Waals surface area contributed by atoms with E-state index in [-0.39, 0.29) is 96.0 Å². The molecular formula is C51H72N14O14. The molecular weight excluding hydrogens is 1030 g/mol. The van der Waals surface area contributed by atoms with Crippen molar-refractivity contribution in [3.63, 3.8) is 0 Å². The molecule has 0 saturated carbocycles. The topological polar surface area (TPSA) is 385 Å². The highest BCUT2D eigenvalue weighted by Crippen LogP contribution is 2.18. The lowest BCUT2D eigenvalue weighted by Gasteiger charge is -2.35. The summed E-state index contributed by atoms with van der Waals surface area (Å²) in [5, 5.41) is 55.5. The summed E-state index contributed by atoms with van der Waals surface area (Å²) < 4.78 is 11.0. The summed E-state index contributed by atoms with van der Waals surface area (Å²) in [5.74, 6) is -4.81. The molecule has 0 aliphatic carbocycles. The Balaban J connectivity index is 0.899. The molecule has 430 valence electrons. The van der Waals surface area contributed by atoms with Crippen LogP contribution in [0.1, 0.15) is 53.0 Å². The van der Waals surface area contributed by atoms with E-state index in [0.29, 0.717) is 106 Å². The number of carbonyl (C=O) groups is 8. The number of fused-ring (bicyclic) bond motifs is 1. The lowest BCUT2D eigenvalue weighted by atomic mass is 10.0. The number of amides is 4. The van der Waals surface area contributed by atoms with Gasteiger partial charge in [-0.05, 0) is 54.8 Å². The maximum Gasteiger partial charge on any atom is 0.317 e. The van der Waals surface area contributed by atoms with Crippen LogP contribution in [0.3, 0.4) is 0 Å². The Hall–Kier alpha value is -7.89. The number of ether oxygens (including phenoxy) is 2. The van der Waals surface area contributed by atoms with Crippen molar-refractivity contribution in [2.75, 3.05) is 134 Å². The van der Waals surface area contributed by atoms with Crippen LogP contribution < -0.4 is 37.6 Å². The Morgan fingerprint density at radius 2 is 1.22 bits per heavy atom. The van der Waals surface area contributed by atoms with E-state index in [0.717, 1.165) is 11.4 Å². The zero-order valence-electron chi connectivity index (χ0n) is 44.0. The zero-order valence-corrected chi connectivity index (χ0v) is 44.0. The van der Waals surface area contributed by atoms with Crippen LogP contribution in [0.2, 0.25) is 0 Å². The number of aliphatic imine (C=N–C) groups is 1. The summed E-state index contributed by atoms with van der Waals surface area (Å²) >= 11 is 0. The molecule has 1 atom stereocenters. The van der Waals surface area contributed by atoms with Crippen LogP contribution in [-0.2, 0) is 62.5 Å². The summed E-state index contributed by atoms with van der Waals surface area (Å²) in [6, 6.07) is 13.1. The maximum absolute atomic E-state index is 12.7. The number of nitrogens with two attached hydrogens (primary N) is 1. The van der Waals surface area contributed by atoms with Crippen LogP contribution in [-0.4, -0.2) is 228 Å². The van der Waals surface area contributed by atoms with Crippen molar-refractivity contribution in [1.29, 1.82) is 0 Å². The molecule has 12 N–H and O–H groups in total. The van der Waals surface area contributed by atoms with Gasteiger partial charge in [0.25, 0.3) is 5.91 Å². The van der Waals surface area contributed by atoms with E-state index in [4.69, 9.17) is 15.2 Å². The second kappa shape index (κ2) is 33.4. The first kappa shape index (κ1) is 62.0. The molecule has 5 rings (SSSR count). The third kappa shape index (κ3) is 24.5. The number of anilines is 3. The number of nitrogens with one attached hydrogen (secondary N) is 6. The zero-order chi connectivity index (χ0) is 56.9. The number of hydrogen-bond acceptors (Lipinski definition) is 20. The van der Waals surface area contributed by atoms with Gasteiger partial charge in [-0.1, -0.05) is 12.1 Å². The molecule has 79 heavy (non-hydrogen) atoms. The number of carbonyl (C=O) groups excluding carboxylic acids is 4. The van der Waals surface area contributed by atoms with Gasteiger partial charge in [-0.25, -0.2) is 15.0 Å². The predicted octanol–water partition coefficient (Wildman–Crippen LogP) is -1.01. The van der Waals surface area contributed by atoms with Gasteiger partial charge < -0.3 is 67.5 Å². The number of hydrogen-bond donors (Lipinski definition) is 11. The van der Waals surface area contributed by atoms with Gasteiger partial charge in [0.2, 0.25) is 17.7 Å². The molecule has 3 heterocycles. The van der Waals surface area contributed by atoms with Gasteiger partial charge in [0.15, 0.2) is 11.8 Å². The minimum Gasteiger partial charge on any atom is -0.480 e. The first-order chi connectivity index (χ1) is 38.0. The molecule has 3 aromatic rings. The van der Waals surface area contributed by atoms with Crippen LogP contribution in [0.15, 0.2) is 59.7 Å². The smallest absolute Gasteiger partial charge is 0.317 e. The number of carboxylic acid groups (broad SMARTS) is 4. The minimum atomic E-state index is -1.23. The molecule has 1 unspecified atom stereocenters. The van der Waals surface area contributed by atoms with E-state index in [1.807, 2.05) is 4.90 Å². The van der Waals surface area contributed by atoms with Crippen LogP contribution in [0.4, 0.5) is 17.2 Å². The largest absolute Gasteiger partial charge is 0.480 e. The third-order valence-corrected chi connectivity index (χ3v) is 12.4. The minimum absolute atomic E-state index is 0.0778. The highest BCUT2D eigenvalue weighted by molar-refractivity contribution is 5.95. The normalized spacial score (nSPS) is 14.5. The fourth-order valence-electron chi connectivity index (χ4n) is 8.38. The lowest BCUT2D eigenvalue weighted by molar-refractivity contribution is -0.143. The van der Waals surface area contributed by atoms with Crippen molar-refractivity contribution < 1.29 is 68.3 Å². The molecule has 1 fully saturated rings. The van der Waals surface area contributed by atoms with Crippen LogP contribution in [0.5, 0.6) is 0 Å². The molecule has 0 spiro atoms. The molecule has 28 nitrogen and oxygen atoms in total. The van der Waals surface area contributed by atoms with Gasteiger partial charge >= 0.3 is 23.9 Å². The average Bonchev–Trinajstić information content (AvgIpc) is 3.49. The fraction of sp³-hybridized carbons (Fsp3) is 0.510. The van der Waals surface area contributed by atoms with Crippen LogP contribution in [0, 0.1) is 0 Å². The Morgan fingerprint density at radius 3 is 1.80 bits per heavy atom. The van der Waals surface area contributed by atoms with Gasteiger partial charge in [-0.15, -0.1) is 0 Å². The molecule has 28 heteroatoms. The highest BCUT2D eigenvalue weighted by Gasteiger charge is 2.28. The summed E-state index contributed by atoms with van der Waals surface area (Å²) in [4.78, 5) is 117. The first-order valence-electron chi connectivity index (χ1n) is 25.9. The summed E-state index contributed by atoms with van der Waals surface area (Å²) in [7, 11) is 0. The maximum atomic E-state index is 12.7. The Morgan fingerprint density at radius 1 is 0.658 bits per heavy atom. The number of guanidine groups is 1. The lowest BCUT2D eigenvalue weighted by Crippen LogP contribution is -2.51. The Labute approximate surface area is 456 Å². The van der Waals surface area contributed by atoms with Gasteiger partial charge in [0.1, 0.15) is 5.69 Å². The van der Waals surface area contributed by atoms with Crippen molar-refractivity contribution >= 4 is 70.7 Å². The Kier molecular flexibility index (Phi) is 26.2. The predicted molar refractivity (Wildman–Crippen MR) is 287 cm³/mol. The second-order valence-electron chi connectivity index (χ2n) is 18.6. The van der Waals surface area contributed by atoms with Gasteiger partial charge in [0.05, 0.1) is 77.6 Å².